The average molecular weight is 186 g/mol. The van der Waals surface area contributed by atoms with E-state index in [4.69, 9.17) is 9.47 Å². The van der Waals surface area contributed by atoms with Crippen molar-refractivity contribution in [1.29, 1.82) is 0 Å². The van der Waals surface area contributed by atoms with Crippen molar-refractivity contribution < 1.29 is 19.1 Å². The molecular weight excluding hydrogens is 172 g/mol. The molecular formula is C9H14O4. The van der Waals surface area contributed by atoms with E-state index in [1.54, 1.807) is 6.92 Å². The second kappa shape index (κ2) is 3.46. The summed E-state index contributed by atoms with van der Waals surface area (Å²) in [6.45, 7) is 3.39. The van der Waals surface area contributed by atoms with Crippen molar-refractivity contribution in [3.8, 4) is 0 Å². The molecule has 74 valence electrons. The van der Waals surface area contributed by atoms with Crippen LogP contribution in [-0.2, 0) is 19.1 Å². The van der Waals surface area contributed by atoms with Gasteiger partial charge in [0.25, 0.3) is 0 Å². The van der Waals surface area contributed by atoms with Gasteiger partial charge in [-0.25, -0.2) is 0 Å². The molecule has 0 aromatic heterocycles. The van der Waals surface area contributed by atoms with Crippen molar-refractivity contribution >= 4 is 11.8 Å². The molecule has 0 aromatic rings. The van der Waals surface area contributed by atoms with Gasteiger partial charge >= 0.3 is 5.97 Å². The van der Waals surface area contributed by atoms with Gasteiger partial charge in [0.2, 0.25) is 0 Å². The van der Waals surface area contributed by atoms with E-state index in [1.165, 1.54) is 14.0 Å². The molecule has 0 aromatic carbocycles. The van der Waals surface area contributed by atoms with Crippen LogP contribution in [0, 0.1) is 5.41 Å². The number of carbonyl (C=O) groups is 2. The van der Waals surface area contributed by atoms with Crippen LogP contribution < -0.4 is 0 Å². The summed E-state index contributed by atoms with van der Waals surface area (Å²) in [4.78, 5) is 22.5. The van der Waals surface area contributed by atoms with Crippen LogP contribution in [0.2, 0.25) is 0 Å². The average Bonchev–Trinajstić information content (AvgIpc) is 2.29. The first-order valence-electron chi connectivity index (χ1n) is 4.22. The first kappa shape index (κ1) is 10.2. The molecule has 1 heterocycles. The zero-order valence-electron chi connectivity index (χ0n) is 8.12. The Labute approximate surface area is 77.2 Å². The van der Waals surface area contributed by atoms with E-state index in [-0.39, 0.29) is 11.9 Å². The number of ketones is 1. The lowest BCUT2D eigenvalue weighted by Crippen LogP contribution is -2.30. The number of hydrogen-bond donors (Lipinski definition) is 0. The van der Waals surface area contributed by atoms with E-state index in [9.17, 15) is 9.59 Å². The summed E-state index contributed by atoms with van der Waals surface area (Å²) in [7, 11) is 1.54. The summed E-state index contributed by atoms with van der Waals surface area (Å²) in [5.41, 5.74) is -0.955. The highest BCUT2D eigenvalue weighted by atomic mass is 16.6. The highest BCUT2D eigenvalue weighted by Gasteiger charge is 2.48. The van der Waals surface area contributed by atoms with Gasteiger partial charge in [0.1, 0.15) is 17.3 Å². The Morgan fingerprint density at radius 2 is 2.38 bits per heavy atom. The first-order valence-corrected chi connectivity index (χ1v) is 4.22. The summed E-state index contributed by atoms with van der Waals surface area (Å²) >= 11 is 0. The molecule has 0 bridgehead atoms. The second-order valence-electron chi connectivity index (χ2n) is 3.58. The number of hydrogen-bond acceptors (Lipinski definition) is 4. The molecule has 1 aliphatic heterocycles. The Morgan fingerprint density at radius 3 is 2.77 bits per heavy atom. The zero-order chi connectivity index (χ0) is 10.1. The number of esters is 1. The first-order chi connectivity index (χ1) is 6.00. The molecule has 0 radical (unpaired) electrons. The van der Waals surface area contributed by atoms with Gasteiger partial charge in [0.15, 0.2) is 0 Å². The third-order valence-electron chi connectivity index (χ3n) is 2.49. The van der Waals surface area contributed by atoms with E-state index in [0.717, 1.165) is 0 Å². The third-order valence-corrected chi connectivity index (χ3v) is 2.49. The molecule has 4 nitrogen and oxygen atoms in total. The van der Waals surface area contributed by atoms with E-state index in [0.29, 0.717) is 13.0 Å². The van der Waals surface area contributed by atoms with E-state index < -0.39 is 11.4 Å². The van der Waals surface area contributed by atoms with E-state index in [2.05, 4.69) is 0 Å². The monoisotopic (exact) mass is 186 g/mol. The lowest BCUT2D eigenvalue weighted by atomic mass is 9.83. The molecule has 0 spiro atoms. The molecule has 2 atom stereocenters. The molecule has 13 heavy (non-hydrogen) atoms. The predicted molar refractivity (Wildman–Crippen MR) is 45.2 cm³/mol. The SMILES string of the molecule is COC[C@@H]1C[C@](C)(C(C)=O)C(=O)O1. The standard InChI is InChI=1S/C9H14O4/c1-6(10)9(2)4-7(5-12-3)13-8(9)11/h7H,4-5H2,1-3H3/t7-,9+/m0/s1. The highest BCUT2D eigenvalue weighted by molar-refractivity contribution is 6.03. The number of Topliss-reactive ketones (excluding diaryl/α,β-unsaturated/α-hetero) is 1. The Balaban J connectivity index is 2.71. The predicted octanol–water partition coefficient (Wildman–Crippen LogP) is 0.544. The lowest BCUT2D eigenvalue weighted by Gasteiger charge is -2.13. The molecule has 0 saturated carbocycles. The van der Waals surface area contributed by atoms with Crippen molar-refractivity contribution in [3.05, 3.63) is 0 Å². The summed E-state index contributed by atoms with van der Waals surface area (Å²) in [5, 5.41) is 0. The summed E-state index contributed by atoms with van der Waals surface area (Å²) < 4.78 is 9.85. The summed E-state index contributed by atoms with van der Waals surface area (Å²) in [5.74, 6) is -0.571. The zero-order valence-corrected chi connectivity index (χ0v) is 8.12. The molecule has 4 heteroatoms. The molecule has 1 saturated heterocycles. The molecule has 1 rings (SSSR count). The largest absolute Gasteiger partial charge is 0.459 e. The summed E-state index contributed by atoms with van der Waals surface area (Å²) in [6, 6.07) is 0. The fourth-order valence-electron chi connectivity index (χ4n) is 1.43. The van der Waals surface area contributed by atoms with Crippen LogP contribution in [-0.4, -0.2) is 31.6 Å². The van der Waals surface area contributed by atoms with Crippen LogP contribution in [0.5, 0.6) is 0 Å². The van der Waals surface area contributed by atoms with E-state index in [1.807, 2.05) is 0 Å². The minimum atomic E-state index is -0.955. The van der Waals surface area contributed by atoms with Crippen LogP contribution in [0.15, 0.2) is 0 Å². The topological polar surface area (TPSA) is 52.6 Å². The molecule has 0 aliphatic carbocycles. The van der Waals surface area contributed by atoms with Crippen molar-refractivity contribution in [2.45, 2.75) is 26.4 Å². The minimum Gasteiger partial charge on any atom is -0.459 e. The fourth-order valence-corrected chi connectivity index (χ4v) is 1.43. The number of methoxy groups -OCH3 is 1. The van der Waals surface area contributed by atoms with Crippen LogP contribution in [0.25, 0.3) is 0 Å². The fraction of sp³-hybridized carbons (Fsp3) is 0.778. The van der Waals surface area contributed by atoms with E-state index >= 15 is 0 Å². The number of cyclic esters (lactones) is 1. The van der Waals surface area contributed by atoms with Gasteiger partial charge < -0.3 is 9.47 Å². The Kier molecular flexibility index (Phi) is 2.71. The number of rotatable bonds is 3. The van der Waals surface area contributed by atoms with Gasteiger partial charge in [-0.1, -0.05) is 0 Å². The molecule has 0 N–H and O–H groups in total. The van der Waals surface area contributed by atoms with Crippen molar-refractivity contribution in [2.24, 2.45) is 5.41 Å². The van der Waals surface area contributed by atoms with Gasteiger partial charge in [0.05, 0.1) is 6.61 Å². The smallest absolute Gasteiger partial charge is 0.319 e. The quantitative estimate of drug-likeness (QED) is 0.477. The number of carbonyl (C=O) groups excluding carboxylic acids is 2. The van der Waals surface area contributed by atoms with Crippen molar-refractivity contribution in [2.75, 3.05) is 13.7 Å². The van der Waals surface area contributed by atoms with Gasteiger partial charge in [-0.3, -0.25) is 9.59 Å². The van der Waals surface area contributed by atoms with Gasteiger partial charge in [-0.2, -0.15) is 0 Å². The van der Waals surface area contributed by atoms with Crippen LogP contribution in [0.3, 0.4) is 0 Å². The van der Waals surface area contributed by atoms with Crippen LogP contribution >= 0.6 is 0 Å². The van der Waals surface area contributed by atoms with Crippen LogP contribution in [0.4, 0.5) is 0 Å². The molecule has 0 unspecified atom stereocenters. The molecule has 1 fully saturated rings. The molecule has 1 aliphatic rings. The lowest BCUT2D eigenvalue weighted by molar-refractivity contribution is -0.152. The van der Waals surface area contributed by atoms with Crippen molar-refractivity contribution in [1.82, 2.24) is 0 Å². The Hall–Kier alpha value is -0.900. The second-order valence-corrected chi connectivity index (χ2v) is 3.58. The van der Waals surface area contributed by atoms with Crippen LogP contribution in [0.1, 0.15) is 20.3 Å². The highest BCUT2D eigenvalue weighted by Crippen LogP contribution is 2.34. The maximum Gasteiger partial charge on any atom is 0.319 e. The van der Waals surface area contributed by atoms with Gasteiger partial charge in [-0.05, 0) is 13.8 Å². The Morgan fingerprint density at radius 1 is 1.77 bits per heavy atom. The Bertz CT molecular complexity index is 236. The minimum absolute atomic E-state index is 0.142. The third kappa shape index (κ3) is 1.72. The maximum atomic E-state index is 11.3. The maximum absolute atomic E-state index is 11.3. The number of ether oxygens (including phenoxy) is 2. The molecule has 0 amide bonds. The summed E-state index contributed by atoms with van der Waals surface area (Å²) in [6.07, 6.45) is 0.154. The van der Waals surface area contributed by atoms with Gasteiger partial charge in [-0.15, -0.1) is 0 Å². The van der Waals surface area contributed by atoms with Gasteiger partial charge in [0, 0.05) is 13.5 Å². The van der Waals surface area contributed by atoms with Crippen molar-refractivity contribution in [3.63, 3.8) is 0 Å². The normalized spacial score (nSPS) is 33.2.